The van der Waals surface area contributed by atoms with Crippen LogP contribution in [0.4, 0.5) is 0 Å². The molecule has 4 atom stereocenters. The van der Waals surface area contributed by atoms with Crippen molar-refractivity contribution in [3.63, 3.8) is 0 Å². The van der Waals surface area contributed by atoms with E-state index in [0.29, 0.717) is 5.56 Å². The lowest BCUT2D eigenvalue weighted by molar-refractivity contribution is -0.132. The van der Waals surface area contributed by atoms with Gasteiger partial charge in [0.2, 0.25) is 5.91 Å². The maximum Gasteiger partial charge on any atom is 0.250 e. The number of aliphatic hydroxyl groups excluding tert-OH is 4. The van der Waals surface area contributed by atoms with E-state index < -0.39 is 37.1 Å². The van der Waals surface area contributed by atoms with Crippen LogP contribution in [0.2, 0.25) is 0 Å². The summed E-state index contributed by atoms with van der Waals surface area (Å²) in [5.41, 5.74) is 5.38. The highest BCUT2D eigenvalue weighted by Gasteiger charge is 2.41. The van der Waals surface area contributed by atoms with Crippen molar-refractivity contribution in [1.82, 2.24) is 4.98 Å². The molecule has 1 aromatic heterocycles. The minimum absolute atomic E-state index is 0.407. The monoisotopic (exact) mass is 272 g/mol. The highest BCUT2D eigenvalue weighted by Crippen LogP contribution is 2.18. The van der Waals surface area contributed by atoms with Gasteiger partial charge >= 0.3 is 0 Å². The Bertz CT molecular complexity index is 401. The van der Waals surface area contributed by atoms with Crippen LogP contribution in [-0.2, 0) is 4.74 Å². The van der Waals surface area contributed by atoms with Gasteiger partial charge in [-0.3, -0.25) is 9.78 Å². The molecule has 6 N–H and O–H groups in total. The number of ether oxygens (including phenoxy) is 1. The number of carbonyl (C=O) groups is 1. The zero-order valence-electron chi connectivity index (χ0n) is 9.96. The van der Waals surface area contributed by atoms with Crippen LogP contribution in [0.3, 0.4) is 0 Å². The Kier molecular flexibility index (Phi) is 5.80. The molecule has 19 heavy (non-hydrogen) atoms. The Morgan fingerprint density at radius 2 is 2.05 bits per heavy atom. The molecule has 0 unspecified atom stereocenters. The SMILES string of the molecule is NC(=O)c1cccnc1.OC[C@H]1O[C@@H](O)[C@H](O)[C@@H]1O. The molecular formula is C11H16N2O6. The second-order valence-corrected chi connectivity index (χ2v) is 3.83. The van der Waals surface area contributed by atoms with Crippen LogP contribution in [0.5, 0.6) is 0 Å². The molecule has 0 spiro atoms. The van der Waals surface area contributed by atoms with Crippen LogP contribution in [0.1, 0.15) is 10.4 Å². The van der Waals surface area contributed by atoms with Crippen LogP contribution < -0.4 is 5.73 Å². The molecule has 1 saturated heterocycles. The fraction of sp³-hybridized carbons (Fsp3) is 0.455. The lowest BCUT2D eigenvalue weighted by Gasteiger charge is -2.09. The molecule has 106 valence electrons. The molecule has 1 aliphatic rings. The molecule has 0 aliphatic carbocycles. The van der Waals surface area contributed by atoms with Crippen LogP contribution >= 0.6 is 0 Å². The van der Waals surface area contributed by atoms with Gasteiger partial charge in [-0.1, -0.05) is 0 Å². The molecule has 1 amide bonds. The first-order valence-corrected chi connectivity index (χ1v) is 5.47. The molecular weight excluding hydrogens is 256 g/mol. The van der Waals surface area contributed by atoms with Gasteiger partial charge in [0, 0.05) is 12.4 Å². The van der Waals surface area contributed by atoms with E-state index in [4.69, 9.17) is 26.2 Å². The third-order valence-electron chi connectivity index (χ3n) is 2.46. The fourth-order valence-corrected chi connectivity index (χ4v) is 1.39. The number of pyridine rings is 1. The highest BCUT2D eigenvalue weighted by atomic mass is 16.6. The Morgan fingerprint density at radius 1 is 1.37 bits per heavy atom. The number of aromatic nitrogens is 1. The molecule has 0 saturated carbocycles. The van der Waals surface area contributed by atoms with Gasteiger partial charge in [-0.2, -0.15) is 0 Å². The lowest BCUT2D eigenvalue weighted by atomic mass is 10.1. The molecule has 1 fully saturated rings. The molecule has 2 heterocycles. The Morgan fingerprint density at radius 3 is 2.32 bits per heavy atom. The van der Waals surface area contributed by atoms with Gasteiger partial charge in [-0.15, -0.1) is 0 Å². The molecule has 0 radical (unpaired) electrons. The van der Waals surface area contributed by atoms with Crippen molar-refractivity contribution in [2.24, 2.45) is 5.73 Å². The normalized spacial score (nSPS) is 29.5. The smallest absolute Gasteiger partial charge is 0.250 e. The van der Waals surface area contributed by atoms with E-state index >= 15 is 0 Å². The molecule has 2 rings (SSSR count). The number of nitrogens with two attached hydrogens (primary N) is 1. The number of amides is 1. The highest BCUT2D eigenvalue weighted by molar-refractivity contribution is 5.92. The fourth-order valence-electron chi connectivity index (χ4n) is 1.39. The maximum atomic E-state index is 10.4. The maximum absolute atomic E-state index is 10.4. The largest absolute Gasteiger partial charge is 0.394 e. The average molecular weight is 272 g/mol. The zero-order valence-corrected chi connectivity index (χ0v) is 9.96. The first-order valence-electron chi connectivity index (χ1n) is 5.47. The number of nitrogens with zero attached hydrogens (tertiary/aromatic N) is 1. The van der Waals surface area contributed by atoms with Gasteiger partial charge in [0.15, 0.2) is 6.29 Å². The first kappa shape index (κ1) is 15.5. The number of hydrogen-bond acceptors (Lipinski definition) is 7. The molecule has 0 aromatic carbocycles. The van der Waals surface area contributed by atoms with Crippen molar-refractivity contribution in [1.29, 1.82) is 0 Å². The van der Waals surface area contributed by atoms with E-state index in [0.717, 1.165) is 0 Å². The van der Waals surface area contributed by atoms with E-state index in [2.05, 4.69) is 9.72 Å². The second-order valence-electron chi connectivity index (χ2n) is 3.83. The minimum atomic E-state index is -1.38. The lowest BCUT2D eigenvalue weighted by Crippen LogP contribution is -2.33. The van der Waals surface area contributed by atoms with Gasteiger partial charge in [-0.05, 0) is 12.1 Å². The number of rotatable bonds is 2. The molecule has 1 aromatic rings. The van der Waals surface area contributed by atoms with E-state index in [-0.39, 0.29) is 0 Å². The summed E-state index contributed by atoms with van der Waals surface area (Å²) in [5, 5.41) is 35.0. The van der Waals surface area contributed by atoms with Crippen molar-refractivity contribution in [3.8, 4) is 0 Å². The van der Waals surface area contributed by atoms with Crippen molar-refractivity contribution in [2.45, 2.75) is 24.6 Å². The van der Waals surface area contributed by atoms with Gasteiger partial charge in [0.1, 0.15) is 18.3 Å². The molecule has 0 bridgehead atoms. The van der Waals surface area contributed by atoms with E-state index in [1.807, 2.05) is 0 Å². The minimum Gasteiger partial charge on any atom is -0.394 e. The van der Waals surface area contributed by atoms with Crippen LogP contribution in [-0.4, -0.2) is 62.5 Å². The van der Waals surface area contributed by atoms with Gasteiger partial charge in [0.25, 0.3) is 0 Å². The molecule has 8 nitrogen and oxygen atoms in total. The Hall–Kier alpha value is -1.58. The zero-order chi connectivity index (χ0) is 14.4. The third-order valence-corrected chi connectivity index (χ3v) is 2.46. The predicted octanol–water partition coefficient (Wildman–Crippen LogP) is -2.40. The van der Waals surface area contributed by atoms with Crippen LogP contribution in [0.15, 0.2) is 24.5 Å². The average Bonchev–Trinajstić information content (AvgIpc) is 2.67. The number of primary amides is 1. The van der Waals surface area contributed by atoms with Crippen molar-refractivity contribution in [2.75, 3.05) is 6.61 Å². The molecule has 8 heteroatoms. The summed E-state index contributed by atoms with van der Waals surface area (Å²) in [7, 11) is 0. The Balaban J connectivity index is 0.000000191. The van der Waals surface area contributed by atoms with Crippen molar-refractivity contribution in [3.05, 3.63) is 30.1 Å². The first-order chi connectivity index (χ1) is 8.97. The summed E-state index contributed by atoms with van der Waals surface area (Å²) >= 11 is 0. The van der Waals surface area contributed by atoms with Crippen LogP contribution in [0, 0.1) is 0 Å². The van der Waals surface area contributed by atoms with Gasteiger partial charge in [0.05, 0.1) is 12.2 Å². The van der Waals surface area contributed by atoms with E-state index in [9.17, 15) is 4.79 Å². The van der Waals surface area contributed by atoms with Crippen molar-refractivity contribution >= 4 is 5.91 Å². The second kappa shape index (κ2) is 7.12. The topological polar surface area (TPSA) is 146 Å². The van der Waals surface area contributed by atoms with Gasteiger partial charge < -0.3 is 30.9 Å². The van der Waals surface area contributed by atoms with E-state index in [1.165, 1.54) is 6.20 Å². The van der Waals surface area contributed by atoms with Crippen molar-refractivity contribution < 1.29 is 30.0 Å². The predicted molar refractivity (Wildman–Crippen MR) is 62.7 cm³/mol. The number of aliphatic hydroxyl groups is 4. The summed E-state index contributed by atoms with van der Waals surface area (Å²) in [6.07, 6.45) is -1.73. The van der Waals surface area contributed by atoms with Crippen LogP contribution in [0.25, 0.3) is 0 Å². The summed E-state index contributed by atoms with van der Waals surface area (Å²) in [4.78, 5) is 14.1. The number of carbonyl (C=O) groups excluding carboxylic acids is 1. The standard InChI is InChI=1S/C6H6N2O.C5H10O5/c7-6(9)5-2-1-3-8-4-5;6-1-2-3(7)4(8)5(9)10-2/h1-4H,(H2,7,9);2-9H,1H2/t;2-,3-,4-,5-/m.1/s1. The summed E-state index contributed by atoms with van der Waals surface area (Å²) in [6.45, 7) is -0.407. The molecule has 1 aliphatic heterocycles. The summed E-state index contributed by atoms with van der Waals surface area (Å²) in [6, 6.07) is 3.29. The summed E-state index contributed by atoms with van der Waals surface area (Å²) in [5.74, 6) is -0.442. The van der Waals surface area contributed by atoms with E-state index in [1.54, 1.807) is 18.3 Å². The Labute approximate surface area is 109 Å². The number of hydrogen-bond donors (Lipinski definition) is 5. The third kappa shape index (κ3) is 4.23. The quantitative estimate of drug-likeness (QED) is 0.403. The van der Waals surface area contributed by atoms with Gasteiger partial charge in [-0.25, -0.2) is 0 Å². The summed E-state index contributed by atoms with van der Waals surface area (Å²) < 4.78 is 4.54.